The van der Waals surface area contributed by atoms with E-state index in [1.165, 1.54) is 18.5 Å². The van der Waals surface area contributed by atoms with E-state index in [2.05, 4.69) is 26.6 Å². The summed E-state index contributed by atoms with van der Waals surface area (Å²) in [6.07, 6.45) is 6.24. The van der Waals surface area contributed by atoms with Gasteiger partial charge in [0.15, 0.2) is 17.8 Å². The molecule has 1 N–H and O–H groups in total. The molecule has 1 aliphatic rings. The van der Waals surface area contributed by atoms with Crippen molar-refractivity contribution in [3.8, 4) is 11.8 Å². The monoisotopic (exact) mass is 462 g/mol. The molecule has 1 unspecified atom stereocenters. The van der Waals surface area contributed by atoms with Gasteiger partial charge in [0, 0.05) is 29.4 Å². The highest BCUT2D eigenvalue weighted by Crippen LogP contribution is 2.28. The first-order chi connectivity index (χ1) is 15.9. The van der Waals surface area contributed by atoms with E-state index in [9.17, 15) is 18.8 Å². The second-order valence-electron chi connectivity index (χ2n) is 7.32. The van der Waals surface area contributed by atoms with Crippen LogP contribution in [0, 0.1) is 17.7 Å². The molecule has 33 heavy (non-hydrogen) atoms. The summed E-state index contributed by atoms with van der Waals surface area (Å²) in [6.45, 7) is 0.0771. The number of rotatable bonds is 6. The third-order valence-corrected chi connectivity index (χ3v) is 5.44. The number of benzene rings is 2. The molecule has 4 rings (SSSR count). The number of aromatic amines is 1. The Kier molecular flexibility index (Phi) is 6.20. The molecule has 0 amide bonds. The number of aliphatic imine (C=N–C) groups is 1. The van der Waals surface area contributed by atoms with Gasteiger partial charge in [0.25, 0.3) is 6.47 Å². The maximum absolute atomic E-state index is 14.6. The molecule has 1 aromatic heterocycles. The van der Waals surface area contributed by atoms with Gasteiger partial charge < -0.3 is 9.72 Å². The average Bonchev–Trinajstić information content (AvgIpc) is 3.28. The van der Waals surface area contributed by atoms with Crippen LogP contribution in [0.5, 0.6) is 0 Å². The predicted molar refractivity (Wildman–Crippen MR) is 123 cm³/mol. The Labute approximate surface area is 192 Å². The van der Waals surface area contributed by atoms with Gasteiger partial charge in [-0.05, 0) is 42.0 Å². The standard InChI is InChI=1S/C25H16ClFN2O4/c26-18-6-4-16(5-7-18)13-25(8-2-9-29-25)24(32)20-14-28-22-19(23(20)31)11-17(12-21(22)27)3-1-10-33-15-30/h2,4-9,11-12,14-15H,10,13H2,(H,28,31). The minimum absolute atomic E-state index is 0.0194. The zero-order valence-electron chi connectivity index (χ0n) is 17.1. The molecular weight excluding hydrogens is 447 g/mol. The number of hydrogen-bond donors (Lipinski definition) is 1. The molecule has 0 bridgehead atoms. The second kappa shape index (κ2) is 9.23. The molecule has 0 aliphatic carbocycles. The van der Waals surface area contributed by atoms with E-state index in [0.717, 1.165) is 11.6 Å². The van der Waals surface area contributed by atoms with Crippen LogP contribution in [0.1, 0.15) is 21.5 Å². The van der Waals surface area contributed by atoms with Crippen molar-refractivity contribution in [1.29, 1.82) is 0 Å². The number of H-pyrrole nitrogens is 1. The van der Waals surface area contributed by atoms with Gasteiger partial charge in [-0.1, -0.05) is 35.6 Å². The summed E-state index contributed by atoms with van der Waals surface area (Å²) >= 11 is 5.95. The number of halogens is 2. The normalized spacial score (nSPS) is 16.4. The van der Waals surface area contributed by atoms with Gasteiger partial charge in [-0.15, -0.1) is 0 Å². The van der Waals surface area contributed by atoms with E-state index < -0.39 is 22.6 Å². The first-order valence-electron chi connectivity index (χ1n) is 9.85. The lowest BCUT2D eigenvalue weighted by molar-refractivity contribution is -0.127. The van der Waals surface area contributed by atoms with Crippen molar-refractivity contribution in [2.45, 2.75) is 12.0 Å². The van der Waals surface area contributed by atoms with Gasteiger partial charge in [-0.3, -0.25) is 19.4 Å². The molecule has 2 heterocycles. The molecule has 0 fully saturated rings. The third kappa shape index (κ3) is 4.47. The van der Waals surface area contributed by atoms with Crippen LogP contribution >= 0.6 is 11.6 Å². The van der Waals surface area contributed by atoms with Crippen LogP contribution in [0.2, 0.25) is 5.02 Å². The van der Waals surface area contributed by atoms with Crippen LogP contribution in [-0.2, 0) is 16.0 Å². The lowest BCUT2D eigenvalue weighted by atomic mass is 9.84. The number of nitrogens with zero attached hydrogens (tertiary/aromatic N) is 1. The molecule has 164 valence electrons. The number of Topliss-reactive ketones (excluding diaryl/α,β-unsaturated/α-hetero) is 1. The van der Waals surface area contributed by atoms with Crippen LogP contribution in [0.25, 0.3) is 10.9 Å². The first-order valence-corrected chi connectivity index (χ1v) is 10.2. The molecule has 0 saturated heterocycles. The van der Waals surface area contributed by atoms with Gasteiger partial charge in [-0.2, -0.15) is 0 Å². The van der Waals surface area contributed by atoms with Crippen LogP contribution in [-0.4, -0.2) is 35.6 Å². The number of ether oxygens (including phenoxy) is 1. The van der Waals surface area contributed by atoms with Crippen molar-refractivity contribution in [2.75, 3.05) is 6.61 Å². The van der Waals surface area contributed by atoms with E-state index >= 15 is 0 Å². The highest BCUT2D eigenvalue weighted by molar-refractivity contribution is 6.30. The molecule has 1 aliphatic heterocycles. The van der Waals surface area contributed by atoms with E-state index in [4.69, 9.17) is 11.6 Å². The van der Waals surface area contributed by atoms with Gasteiger partial charge >= 0.3 is 0 Å². The maximum Gasteiger partial charge on any atom is 0.294 e. The van der Waals surface area contributed by atoms with Crippen molar-refractivity contribution >= 4 is 41.0 Å². The molecular formula is C25H16ClFN2O4. The Hall–Kier alpha value is -4.02. The average molecular weight is 463 g/mol. The van der Waals surface area contributed by atoms with Crippen LogP contribution in [0.15, 0.2) is 64.5 Å². The Balaban J connectivity index is 1.76. The van der Waals surface area contributed by atoms with Gasteiger partial charge in [0.2, 0.25) is 0 Å². The molecule has 0 spiro atoms. The topological polar surface area (TPSA) is 88.6 Å². The number of pyridine rings is 1. The number of ketones is 1. The second-order valence-corrected chi connectivity index (χ2v) is 7.75. The van der Waals surface area contributed by atoms with Crippen LogP contribution < -0.4 is 5.43 Å². The summed E-state index contributed by atoms with van der Waals surface area (Å²) in [5.41, 5.74) is -1.09. The molecule has 1 atom stereocenters. The van der Waals surface area contributed by atoms with Gasteiger partial charge in [-0.25, -0.2) is 4.39 Å². The van der Waals surface area contributed by atoms with Crippen molar-refractivity contribution in [2.24, 2.45) is 4.99 Å². The highest BCUT2D eigenvalue weighted by atomic mass is 35.5. The summed E-state index contributed by atoms with van der Waals surface area (Å²) in [6, 6.07) is 9.55. The minimum Gasteiger partial charge on any atom is -0.455 e. The molecule has 0 radical (unpaired) electrons. The Morgan fingerprint density at radius 2 is 2.06 bits per heavy atom. The number of aromatic nitrogens is 1. The zero-order chi connectivity index (χ0) is 23.4. The summed E-state index contributed by atoms with van der Waals surface area (Å²) in [5, 5.41) is 0.545. The fraction of sp³-hybridized carbons (Fsp3) is 0.120. The van der Waals surface area contributed by atoms with E-state index in [1.54, 1.807) is 36.4 Å². The number of carbonyl (C=O) groups is 2. The number of fused-ring (bicyclic) bond motifs is 1. The number of nitrogens with one attached hydrogen (secondary N) is 1. The van der Waals surface area contributed by atoms with E-state index in [-0.39, 0.29) is 41.5 Å². The van der Waals surface area contributed by atoms with Gasteiger partial charge in [0.1, 0.15) is 11.4 Å². The highest BCUT2D eigenvalue weighted by Gasteiger charge is 2.39. The third-order valence-electron chi connectivity index (χ3n) is 5.18. The SMILES string of the molecule is O=COCC#Cc1cc(F)c2[nH]cc(C(=O)C3(Cc4ccc(Cl)cc4)C=CC=N3)c(=O)c2c1. The number of hydrogen-bond acceptors (Lipinski definition) is 5. The number of allylic oxidation sites excluding steroid dienone is 1. The Morgan fingerprint density at radius 3 is 2.76 bits per heavy atom. The summed E-state index contributed by atoms with van der Waals surface area (Å²) in [7, 11) is 0. The van der Waals surface area contributed by atoms with Crippen LogP contribution in [0.4, 0.5) is 4.39 Å². The van der Waals surface area contributed by atoms with Crippen LogP contribution in [0.3, 0.4) is 0 Å². The number of carbonyl (C=O) groups excluding carboxylic acids is 2. The predicted octanol–water partition coefficient (Wildman–Crippen LogP) is 3.65. The molecule has 0 saturated carbocycles. The van der Waals surface area contributed by atoms with Crippen molar-refractivity contribution in [3.05, 3.63) is 92.5 Å². The van der Waals surface area contributed by atoms with E-state index in [0.29, 0.717) is 5.02 Å². The first kappa shape index (κ1) is 22.2. The quantitative estimate of drug-likeness (QED) is 0.262. The summed E-state index contributed by atoms with van der Waals surface area (Å²) in [4.78, 5) is 44.1. The van der Waals surface area contributed by atoms with Crippen molar-refractivity contribution in [3.63, 3.8) is 0 Å². The fourth-order valence-corrected chi connectivity index (χ4v) is 3.76. The Bertz CT molecular complexity index is 1420. The van der Waals surface area contributed by atoms with Crippen molar-refractivity contribution in [1.82, 2.24) is 4.98 Å². The van der Waals surface area contributed by atoms with Crippen molar-refractivity contribution < 1.29 is 18.7 Å². The van der Waals surface area contributed by atoms with Gasteiger partial charge in [0.05, 0.1) is 16.5 Å². The van der Waals surface area contributed by atoms with E-state index in [1.807, 2.05) is 0 Å². The molecule has 2 aromatic carbocycles. The lowest BCUT2D eigenvalue weighted by Crippen LogP contribution is -2.38. The molecule has 8 heteroatoms. The summed E-state index contributed by atoms with van der Waals surface area (Å²) < 4.78 is 19.1. The zero-order valence-corrected chi connectivity index (χ0v) is 17.9. The summed E-state index contributed by atoms with van der Waals surface area (Å²) in [5.74, 6) is 3.97. The minimum atomic E-state index is -1.30. The Morgan fingerprint density at radius 1 is 1.27 bits per heavy atom. The molecule has 3 aromatic rings. The molecule has 6 nitrogen and oxygen atoms in total. The lowest BCUT2D eigenvalue weighted by Gasteiger charge is -2.23. The largest absolute Gasteiger partial charge is 0.455 e. The maximum atomic E-state index is 14.6. The fourth-order valence-electron chi connectivity index (χ4n) is 3.63. The smallest absolute Gasteiger partial charge is 0.294 e.